The van der Waals surface area contributed by atoms with Crippen LogP contribution in [0.25, 0.3) is 0 Å². The Balaban J connectivity index is 2.17. The SMILES string of the molecule is Cc1cccc2c1Oc1c(C)cc(N)cc1N2. The fraction of sp³-hybridized carbons (Fsp3) is 0.143. The number of para-hydroxylation sites is 1. The summed E-state index contributed by atoms with van der Waals surface area (Å²) in [6, 6.07) is 9.87. The fourth-order valence-corrected chi connectivity index (χ4v) is 2.16. The normalized spacial score (nSPS) is 12.1. The Morgan fingerprint density at radius 1 is 1.00 bits per heavy atom. The summed E-state index contributed by atoms with van der Waals surface area (Å²) >= 11 is 0. The molecule has 0 amide bonds. The lowest BCUT2D eigenvalue weighted by atomic mass is 10.1. The van der Waals surface area contributed by atoms with E-state index in [4.69, 9.17) is 10.5 Å². The predicted octanol–water partition coefficient (Wildman–Crippen LogP) is 3.73. The Morgan fingerprint density at radius 3 is 2.59 bits per heavy atom. The van der Waals surface area contributed by atoms with Crippen LogP contribution in [0.15, 0.2) is 30.3 Å². The van der Waals surface area contributed by atoms with Crippen molar-refractivity contribution in [1.29, 1.82) is 0 Å². The minimum Gasteiger partial charge on any atom is -0.452 e. The molecule has 86 valence electrons. The number of nitrogen functional groups attached to an aromatic ring is 1. The van der Waals surface area contributed by atoms with Crippen LogP contribution in [0.4, 0.5) is 17.1 Å². The van der Waals surface area contributed by atoms with E-state index in [-0.39, 0.29) is 0 Å². The van der Waals surface area contributed by atoms with Crippen molar-refractivity contribution in [3.63, 3.8) is 0 Å². The molecule has 0 fully saturated rings. The van der Waals surface area contributed by atoms with E-state index >= 15 is 0 Å². The number of rotatable bonds is 0. The Labute approximate surface area is 100 Å². The largest absolute Gasteiger partial charge is 0.452 e. The third-order valence-electron chi connectivity index (χ3n) is 2.98. The van der Waals surface area contributed by atoms with E-state index in [1.54, 1.807) is 0 Å². The molecule has 0 saturated carbocycles. The quantitative estimate of drug-likeness (QED) is 0.574. The molecule has 3 N–H and O–H groups in total. The highest BCUT2D eigenvalue weighted by molar-refractivity contribution is 5.80. The highest BCUT2D eigenvalue weighted by Gasteiger charge is 2.19. The summed E-state index contributed by atoms with van der Waals surface area (Å²) < 4.78 is 5.98. The number of fused-ring (bicyclic) bond motifs is 2. The maximum atomic E-state index is 5.98. The Morgan fingerprint density at radius 2 is 1.76 bits per heavy atom. The summed E-state index contributed by atoms with van der Waals surface area (Å²) in [7, 11) is 0. The lowest BCUT2D eigenvalue weighted by Crippen LogP contribution is -2.06. The number of nitrogens with one attached hydrogen (secondary N) is 1. The fourth-order valence-electron chi connectivity index (χ4n) is 2.16. The van der Waals surface area contributed by atoms with Gasteiger partial charge in [-0.1, -0.05) is 12.1 Å². The summed E-state index contributed by atoms with van der Waals surface area (Å²) in [6.45, 7) is 4.04. The number of benzene rings is 2. The molecule has 0 atom stereocenters. The van der Waals surface area contributed by atoms with Gasteiger partial charge in [-0.15, -0.1) is 0 Å². The van der Waals surface area contributed by atoms with Crippen LogP contribution < -0.4 is 15.8 Å². The zero-order valence-corrected chi connectivity index (χ0v) is 9.87. The second-order valence-electron chi connectivity index (χ2n) is 4.39. The van der Waals surface area contributed by atoms with Crippen LogP contribution in [0.1, 0.15) is 11.1 Å². The lowest BCUT2D eigenvalue weighted by Gasteiger charge is -2.24. The van der Waals surface area contributed by atoms with Gasteiger partial charge in [-0.2, -0.15) is 0 Å². The molecule has 0 spiro atoms. The standard InChI is InChI=1S/C14H14N2O/c1-8-4-3-5-11-13(8)17-14-9(2)6-10(15)7-12(14)16-11/h3-7,16H,15H2,1-2H3. The van der Waals surface area contributed by atoms with Crippen LogP contribution >= 0.6 is 0 Å². The molecule has 3 rings (SSSR count). The molecule has 1 heterocycles. The Bertz CT molecular complexity index is 605. The lowest BCUT2D eigenvalue weighted by molar-refractivity contribution is 0.474. The van der Waals surface area contributed by atoms with E-state index in [0.29, 0.717) is 0 Å². The third kappa shape index (κ3) is 1.51. The van der Waals surface area contributed by atoms with Gasteiger partial charge in [0, 0.05) is 5.69 Å². The van der Waals surface area contributed by atoms with E-state index < -0.39 is 0 Å². The molecule has 3 nitrogen and oxygen atoms in total. The van der Waals surface area contributed by atoms with Gasteiger partial charge in [0.2, 0.25) is 0 Å². The van der Waals surface area contributed by atoms with Gasteiger partial charge in [0.15, 0.2) is 11.5 Å². The summed E-state index contributed by atoms with van der Waals surface area (Å²) in [5.41, 5.74) is 10.7. The maximum Gasteiger partial charge on any atom is 0.154 e. The summed E-state index contributed by atoms with van der Waals surface area (Å²) in [5.74, 6) is 1.76. The molecular formula is C14H14N2O. The Kier molecular flexibility index (Phi) is 2.01. The third-order valence-corrected chi connectivity index (χ3v) is 2.98. The monoisotopic (exact) mass is 226 g/mol. The van der Waals surface area contributed by atoms with Crippen LogP contribution in [-0.4, -0.2) is 0 Å². The van der Waals surface area contributed by atoms with Crippen molar-refractivity contribution in [2.24, 2.45) is 0 Å². The summed E-state index contributed by atoms with van der Waals surface area (Å²) in [5, 5.41) is 3.36. The van der Waals surface area contributed by atoms with Gasteiger partial charge in [0.05, 0.1) is 11.4 Å². The van der Waals surface area contributed by atoms with Crippen LogP contribution in [-0.2, 0) is 0 Å². The molecular weight excluding hydrogens is 212 g/mol. The topological polar surface area (TPSA) is 47.3 Å². The van der Waals surface area contributed by atoms with Crippen LogP contribution in [0, 0.1) is 13.8 Å². The van der Waals surface area contributed by atoms with E-state index in [1.165, 1.54) is 0 Å². The van der Waals surface area contributed by atoms with Gasteiger partial charge in [0.1, 0.15) is 0 Å². The molecule has 0 saturated heterocycles. The van der Waals surface area contributed by atoms with Gasteiger partial charge in [0.25, 0.3) is 0 Å². The van der Waals surface area contributed by atoms with Gasteiger partial charge < -0.3 is 15.8 Å². The molecule has 0 bridgehead atoms. The van der Waals surface area contributed by atoms with Crippen LogP contribution in [0.3, 0.4) is 0 Å². The van der Waals surface area contributed by atoms with Gasteiger partial charge >= 0.3 is 0 Å². The smallest absolute Gasteiger partial charge is 0.154 e. The molecule has 0 radical (unpaired) electrons. The van der Waals surface area contributed by atoms with Crippen molar-refractivity contribution in [2.75, 3.05) is 11.1 Å². The summed E-state index contributed by atoms with van der Waals surface area (Å²) in [4.78, 5) is 0. The second kappa shape index (κ2) is 3.42. The van der Waals surface area contributed by atoms with Crippen molar-refractivity contribution in [3.8, 4) is 11.5 Å². The molecule has 0 unspecified atom stereocenters. The second-order valence-corrected chi connectivity index (χ2v) is 4.39. The molecule has 2 aromatic carbocycles. The van der Waals surface area contributed by atoms with Crippen LogP contribution in [0.5, 0.6) is 11.5 Å². The first-order valence-corrected chi connectivity index (χ1v) is 5.60. The van der Waals surface area contributed by atoms with Gasteiger partial charge in [-0.3, -0.25) is 0 Å². The first-order valence-electron chi connectivity index (χ1n) is 5.60. The number of nitrogens with two attached hydrogens (primary N) is 1. The van der Waals surface area contributed by atoms with Crippen molar-refractivity contribution in [1.82, 2.24) is 0 Å². The van der Waals surface area contributed by atoms with Crippen LogP contribution in [0.2, 0.25) is 0 Å². The molecule has 1 aliphatic rings. The number of aryl methyl sites for hydroxylation is 2. The van der Waals surface area contributed by atoms with Gasteiger partial charge in [-0.05, 0) is 43.2 Å². The number of hydrogen-bond acceptors (Lipinski definition) is 3. The highest BCUT2D eigenvalue weighted by atomic mass is 16.5. The number of anilines is 3. The van der Waals surface area contributed by atoms with E-state index in [2.05, 4.69) is 5.32 Å². The average Bonchev–Trinajstić information content (AvgIpc) is 2.27. The van der Waals surface area contributed by atoms with Crippen molar-refractivity contribution in [3.05, 3.63) is 41.5 Å². The van der Waals surface area contributed by atoms with Crippen molar-refractivity contribution < 1.29 is 4.74 Å². The van der Waals surface area contributed by atoms with Crippen molar-refractivity contribution in [2.45, 2.75) is 13.8 Å². The van der Waals surface area contributed by atoms with E-state index in [9.17, 15) is 0 Å². The average molecular weight is 226 g/mol. The summed E-state index contributed by atoms with van der Waals surface area (Å²) in [6.07, 6.45) is 0. The minimum absolute atomic E-state index is 0.744. The molecule has 0 aromatic heterocycles. The predicted molar refractivity (Wildman–Crippen MR) is 70.1 cm³/mol. The minimum atomic E-state index is 0.744. The molecule has 0 aliphatic carbocycles. The van der Waals surface area contributed by atoms with E-state index in [1.807, 2.05) is 44.2 Å². The van der Waals surface area contributed by atoms with Crippen molar-refractivity contribution >= 4 is 17.1 Å². The molecule has 2 aromatic rings. The maximum absolute atomic E-state index is 5.98. The molecule has 17 heavy (non-hydrogen) atoms. The van der Waals surface area contributed by atoms with Gasteiger partial charge in [-0.25, -0.2) is 0 Å². The number of ether oxygens (including phenoxy) is 1. The first kappa shape index (κ1) is 10.0. The molecule has 3 heteroatoms. The highest BCUT2D eigenvalue weighted by Crippen LogP contribution is 2.45. The number of hydrogen-bond donors (Lipinski definition) is 2. The Hall–Kier alpha value is -2.16. The zero-order chi connectivity index (χ0) is 12.0. The first-order chi connectivity index (χ1) is 8.15. The van der Waals surface area contributed by atoms with E-state index in [0.717, 1.165) is 39.7 Å². The molecule has 1 aliphatic heterocycles. The zero-order valence-electron chi connectivity index (χ0n) is 9.87.